The molecule has 0 aliphatic rings. The maximum Gasteiger partial charge on any atom is 0.333 e. The molecule has 0 spiro atoms. The molecular formula is C12H14F2N2. The van der Waals surface area contributed by atoms with Crippen molar-refractivity contribution in [1.82, 2.24) is 9.78 Å². The van der Waals surface area contributed by atoms with Gasteiger partial charge >= 0.3 is 6.55 Å². The molecule has 2 nitrogen and oxygen atoms in total. The fourth-order valence-corrected chi connectivity index (χ4v) is 1.61. The summed E-state index contributed by atoms with van der Waals surface area (Å²) in [5.74, 6) is 0. The summed E-state index contributed by atoms with van der Waals surface area (Å²) in [6, 6.07) is 5.64. The molecule has 0 fully saturated rings. The van der Waals surface area contributed by atoms with Crippen LogP contribution in [-0.2, 0) is 5.41 Å². The van der Waals surface area contributed by atoms with Crippen LogP contribution in [0, 0.1) is 0 Å². The van der Waals surface area contributed by atoms with Crippen LogP contribution in [0.15, 0.2) is 24.4 Å². The third-order valence-electron chi connectivity index (χ3n) is 2.59. The molecule has 0 saturated heterocycles. The van der Waals surface area contributed by atoms with Crippen LogP contribution in [0.25, 0.3) is 10.9 Å². The van der Waals surface area contributed by atoms with Gasteiger partial charge in [-0.15, -0.1) is 0 Å². The van der Waals surface area contributed by atoms with Gasteiger partial charge in [-0.25, -0.2) is 4.68 Å². The van der Waals surface area contributed by atoms with Crippen molar-refractivity contribution in [3.05, 3.63) is 30.0 Å². The minimum atomic E-state index is -2.58. The number of alkyl halides is 2. The molecule has 1 aromatic heterocycles. The number of benzene rings is 1. The van der Waals surface area contributed by atoms with Crippen LogP contribution >= 0.6 is 0 Å². The fraction of sp³-hybridized carbons (Fsp3) is 0.417. The van der Waals surface area contributed by atoms with Crippen LogP contribution in [-0.4, -0.2) is 9.78 Å². The molecule has 0 aliphatic heterocycles. The summed E-state index contributed by atoms with van der Waals surface area (Å²) in [7, 11) is 0. The zero-order chi connectivity index (χ0) is 11.9. The lowest BCUT2D eigenvalue weighted by molar-refractivity contribution is 0.0574. The van der Waals surface area contributed by atoms with E-state index in [1.165, 1.54) is 6.20 Å². The Morgan fingerprint density at radius 2 is 1.94 bits per heavy atom. The minimum Gasteiger partial charge on any atom is -0.210 e. The lowest BCUT2D eigenvalue weighted by atomic mass is 9.86. The van der Waals surface area contributed by atoms with Crippen molar-refractivity contribution in [1.29, 1.82) is 0 Å². The summed E-state index contributed by atoms with van der Waals surface area (Å²) in [6.07, 6.45) is 1.38. The Kier molecular flexibility index (Phi) is 2.45. The molecule has 0 radical (unpaired) electrons. The molecule has 4 heteroatoms. The van der Waals surface area contributed by atoms with Gasteiger partial charge < -0.3 is 0 Å². The first kappa shape index (κ1) is 11.0. The number of hydrogen-bond acceptors (Lipinski definition) is 1. The highest BCUT2D eigenvalue weighted by atomic mass is 19.3. The summed E-state index contributed by atoms with van der Waals surface area (Å²) in [4.78, 5) is 0. The number of nitrogens with zero attached hydrogens (tertiary/aromatic N) is 2. The monoisotopic (exact) mass is 224 g/mol. The summed E-state index contributed by atoms with van der Waals surface area (Å²) in [5.41, 5.74) is 1.74. The van der Waals surface area contributed by atoms with Crippen LogP contribution in [0.2, 0.25) is 0 Å². The largest absolute Gasteiger partial charge is 0.333 e. The average Bonchev–Trinajstić information content (AvgIpc) is 2.58. The molecule has 86 valence electrons. The Morgan fingerprint density at radius 1 is 1.25 bits per heavy atom. The SMILES string of the molecule is CC(C)(C)c1ccc2nn(C(F)F)cc2c1. The summed E-state index contributed by atoms with van der Waals surface area (Å²) in [5, 5.41) is 4.56. The van der Waals surface area contributed by atoms with Crippen molar-refractivity contribution >= 4 is 10.9 Å². The van der Waals surface area contributed by atoms with Gasteiger partial charge in [0.1, 0.15) is 0 Å². The van der Waals surface area contributed by atoms with E-state index in [1.54, 1.807) is 6.07 Å². The predicted molar refractivity (Wildman–Crippen MR) is 59.7 cm³/mol. The van der Waals surface area contributed by atoms with E-state index in [2.05, 4.69) is 25.9 Å². The van der Waals surface area contributed by atoms with Gasteiger partial charge in [-0.3, -0.25) is 0 Å². The standard InChI is InChI=1S/C12H14F2N2/c1-12(2,3)9-4-5-10-8(6-9)7-16(15-10)11(13)14/h4-7,11H,1-3H3. The Balaban J connectivity index is 2.54. The van der Waals surface area contributed by atoms with Gasteiger partial charge in [0.15, 0.2) is 0 Å². The molecule has 0 atom stereocenters. The van der Waals surface area contributed by atoms with Crippen molar-refractivity contribution in [2.75, 3.05) is 0 Å². The normalized spacial score (nSPS) is 12.6. The second kappa shape index (κ2) is 3.54. The highest BCUT2D eigenvalue weighted by Crippen LogP contribution is 2.26. The van der Waals surface area contributed by atoms with E-state index in [1.807, 2.05) is 12.1 Å². The summed E-state index contributed by atoms with van der Waals surface area (Å²) >= 11 is 0. The third kappa shape index (κ3) is 1.92. The van der Waals surface area contributed by atoms with E-state index >= 15 is 0 Å². The van der Waals surface area contributed by atoms with Crippen LogP contribution in [0.1, 0.15) is 32.9 Å². The first-order valence-corrected chi connectivity index (χ1v) is 5.15. The Labute approximate surface area is 92.9 Å². The minimum absolute atomic E-state index is 0.0150. The van der Waals surface area contributed by atoms with Gasteiger partial charge in [0.25, 0.3) is 0 Å². The highest BCUT2D eigenvalue weighted by molar-refractivity contribution is 5.79. The van der Waals surface area contributed by atoms with E-state index in [-0.39, 0.29) is 5.41 Å². The van der Waals surface area contributed by atoms with Crippen molar-refractivity contribution in [2.45, 2.75) is 32.7 Å². The number of hydrogen-bond donors (Lipinski definition) is 0. The Morgan fingerprint density at radius 3 is 2.50 bits per heavy atom. The first-order valence-electron chi connectivity index (χ1n) is 5.15. The van der Waals surface area contributed by atoms with Crippen molar-refractivity contribution in [2.24, 2.45) is 0 Å². The Bertz CT molecular complexity index is 509. The quantitative estimate of drug-likeness (QED) is 0.721. The summed E-state index contributed by atoms with van der Waals surface area (Å²) < 4.78 is 25.6. The highest BCUT2D eigenvalue weighted by Gasteiger charge is 2.15. The average molecular weight is 224 g/mol. The molecule has 0 saturated carbocycles. The maximum atomic E-state index is 12.4. The number of rotatable bonds is 1. The van der Waals surface area contributed by atoms with Crippen LogP contribution in [0.4, 0.5) is 8.78 Å². The molecule has 0 bridgehead atoms. The van der Waals surface area contributed by atoms with E-state index in [0.717, 1.165) is 10.9 Å². The van der Waals surface area contributed by atoms with Crippen LogP contribution < -0.4 is 0 Å². The molecule has 2 aromatic rings. The zero-order valence-electron chi connectivity index (χ0n) is 9.54. The smallest absolute Gasteiger partial charge is 0.210 e. The molecule has 1 aromatic carbocycles. The van der Waals surface area contributed by atoms with Gasteiger partial charge in [0, 0.05) is 11.6 Å². The van der Waals surface area contributed by atoms with Crippen LogP contribution in [0.3, 0.4) is 0 Å². The maximum absolute atomic E-state index is 12.4. The van der Waals surface area contributed by atoms with E-state index < -0.39 is 6.55 Å². The Hall–Kier alpha value is -1.45. The van der Waals surface area contributed by atoms with Gasteiger partial charge in [-0.05, 0) is 23.1 Å². The second-order valence-electron chi connectivity index (χ2n) is 4.91. The lowest BCUT2D eigenvalue weighted by Gasteiger charge is -2.18. The van der Waals surface area contributed by atoms with E-state index in [4.69, 9.17) is 0 Å². The van der Waals surface area contributed by atoms with Gasteiger partial charge in [0.2, 0.25) is 0 Å². The number of fused-ring (bicyclic) bond motifs is 1. The van der Waals surface area contributed by atoms with Crippen molar-refractivity contribution in [3.63, 3.8) is 0 Å². The second-order valence-corrected chi connectivity index (χ2v) is 4.91. The molecule has 16 heavy (non-hydrogen) atoms. The number of halogens is 2. The van der Waals surface area contributed by atoms with Gasteiger partial charge in [0.05, 0.1) is 5.52 Å². The molecule has 1 heterocycles. The lowest BCUT2D eigenvalue weighted by Crippen LogP contribution is -2.10. The number of aromatic nitrogens is 2. The molecule has 0 unspecified atom stereocenters. The van der Waals surface area contributed by atoms with E-state index in [9.17, 15) is 8.78 Å². The van der Waals surface area contributed by atoms with Crippen molar-refractivity contribution in [3.8, 4) is 0 Å². The molecule has 0 amide bonds. The topological polar surface area (TPSA) is 17.8 Å². The zero-order valence-corrected chi connectivity index (χ0v) is 9.54. The predicted octanol–water partition coefficient (Wildman–Crippen LogP) is 3.73. The molecule has 2 rings (SSSR count). The van der Waals surface area contributed by atoms with Gasteiger partial charge in [-0.2, -0.15) is 13.9 Å². The molecule has 0 N–H and O–H groups in total. The molecule has 0 aliphatic carbocycles. The molecular weight excluding hydrogens is 210 g/mol. The fourth-order valence-electron chi connectivity index (χ4n) is 1.61. The summed E-state index contributed by atoms with van der Waals surface area (Å²) in [6.45, 7) is 3.69. The first-order chi connectivity index (χ1) is 7.38. The third-order valence-corrected chi connectivity index (χ3v) is 2.59. The van der Waals surface area contributed by atoms with Crippen molar-refractivity contribution < 1.29 is 8.78 Å². The van der Waals surface area contributed by atoms with E-state index in [0.29, 0.717) is 10.2 Å². The van der Waals surface area contributed by atoms with Gasteiger partial charge in [-0.1, -0.05) is 26.8 Å². The van der Waals surface area contributed by atoms with Crippen LogP contribution in [0.5, 0.6) is 0 Å².